The highest BCUT2D eigenvalue weighted by Gasteiger charge is 2.20. The van der Waals surface area contributed by atoms with Gasteiger partial charge in [0.05, 0.1) is 5.56 Å². The molecule has 0 unspecified atom stereocenters. The number of anilines is 1. The number of nitrogens with zero attached hydrogens (tertiary/aromatic N) is 3. The number of amides is 1. The summed E-state index contributed by atoms with van der Waals surface area (Å²) in [5.74, 6) is 6.74. The second-order valence-corrected chi connectivity index (χ2v) is 9.59. The first-order chi connectivity index (χ1) is 19.6. The van der Waals surface area contributed by atoms with Gasteiger partial charge in [0.25, 0.3) is 0 Å². The van der Waals surface area contributed by atoms with E-state index < -0.39 is 30.4 Å². The second-order valence-electron chi connectivity index (χ2n) is 8.27. The first-order valence-electron chi connectivity index (χ1n) is 11.6. The van der Waals surface area contributed by atoms with Gasteiger partial charge >= 0.3 is 17.9 Å². The largest absolute Gasteiger partial charge is 0.477 e. The standard InChI is InChI=1S/C25H24ClN7O7S/c26-19-10-18(39-24(38)16-1-5-17(6-2-16)30-25(27)31-32-28)7-3-15(19)4-8-21(34)33(12-22(35)40-29)11-14-9-20(23(36)37)41-13-14/h1-3,5-7,9-10,13H,4,8,11-12,29H2,(H,36,37)(H4,27,28,30,31). The van der Waals surface area contributed by atoms with Crippen LogP contribution < -0.4 is 21.8 Å². The van der Waals surface area contributed by atoms with Crippen LogP contribution in [0, 0.1) is 5.41 Å². The molecule has 0 saturated heterocycles. The quantitative estimate of drug-likeness (QED) is 0.0409. The number of rotatable bonds is 11. The first kappa shape index (κ1) is 30.7. The summed E-state index contributed by atoms with van der Waals surface area (Å²) in [6, 6.07) is 12.1. The molecule has 3 rings (SSSR count). The Morgan fingerprint density at radius 3 is 2.46 bits per heavy atom. The number of hydrogen-bond donors (Lipinski definition) is 5. The van der Waals surface area contributed by atoms with Crippen LogP contribution in [0.3, 0.4) is 0 Å². The molecule has 0 atom stereocenters. The number of hydrogen-bond acceptors (Lipinski definition) is 10. The predicted molar refractivity (Wildman–Crippen MR) is 149 cm³/mol. The number of carboxylic acid groups (broad SMARTS) is 1. The molecule has 0 aliphatic carbocycles. The van der Waals surface area contributed by atoms with E-state index in [0.717, 1.165) is 11.3 Å². The van der Waals surface area contributed by atoms with Gasteiger partial charge in [0.1, 0.15) is 17.2 Å². The molecule has 0 bridgehead atoms. The van der Waals surface area contributed by atoms with Gasteiger partial charge in [0.15, 0.2) is 0 Å². The second kappa shape index (κ2) is 14.5. The van der Waals surface area contributed by atoms with Gasteiger partial charge in [-0.25, -0.2) is 14.4 Å². The minimum absolute atomic E-state index is 0.0151. The highest BCUT2D eigenvalue weighted by Crippen LogP contribution is 2.25. The number of halogens is 1. The van der Waals surface area contributed by atoms with E-state index in [1.807, 2.05) is 0 Å². The third-order valence-electron chi connectivity index (χ3n) is 5.43. The van der Waals surface area contributed by atoms with Gasteiger partial charge in [-0.05, 0) is 65.4 Å². The number of nitrogens with one attached hydrogen (secondary N) is 2. The average molecular weight is 602 g/mol. The lowest BCUT2D eigenvalue weighted by atomic mass is 10.1. The predicted octanol–water partition coefficient (Wildman–Crippen LogP) is 3.37. The van der Waals surface area contributed by atoms with Crippen molar-refractivity contribution < 1.29 is 33.9 Å². The van der Waals surface area contributed by atoms with Crippen molar-refractivity contribution in [2.75, 3.05) is 11.9 Å². The van der Waals surface area contributed by atoms with Crippen molar-refractivity contribution in [1.29, 1.82) is 5.41 Å². The zero-order valence-electron chi connectivity index (χ0n) is 21.2. The molecule has 0 spiro atoms. The van der Waals surface area contributed by atoms with E-state index in [9.17, 15) is 19.2 Å². The molecule has 0 fully saturated rings. The topological polar surface area (TPSA) is 223 Å². The van der Waals surface area contributed by atoms with E-state index in [0.29, 0.717) is 16.8 Å². The summed E-state index contributed by atoms with van der Waals surface area (Å²) in [5.41, 5.74) is 1.86. The molecule has 41 heavy (non-hydrogen) atoms. The number of carbonyl (C=O) groups is 4. The van der Waals surface area contributed by atoms with Crippen molar-refractivity contribution in [3.05, 3.63) is 80.5 Å². The van der Waals surface area contributed by atoms with Crippen LogP contribution in [0.15, 0.2) is 64.2 Å². The van der Waals surface area contributed by atoms with Crippen molar-refractivity contribution in [2.24, 2.45) is 22.1 Å². The maximum absolute atomic E-state index is 12.9. The summed E-state index contributed by atoms with van der Waals surface area (Å²) in [6.45, 7) is -0.437. The molecule has 16 heteroatoms. The van der Waals surface area contributed by atoms with Crippen LogP contribution in [0.4, 0.5) is 5.69 Å². The highest BCUT2D eigenvalue weighted by atomic mass is 35.5. The van der Waals surface area contributed by atoms with Crippen LogP contribution in [0.1, 0.15) is 37.6 Å². The summed E-state index contributed by atoms with van der Waals surface area (Å²) in [4.78, 5) is 53.9. The van der Waals surface area contributed by atoms with E-state index in [2.05, 4.69) is 20.5 Å². The Balaban J connectivity index is 1.60. The van der Waals surface area contributed by atoms with Crippen LogP contribution in [-0.4, -0.2) is 46.3 Å². The van der Waals surface area contributed by atoms with Crippen molar-refractivity contribution in [3.63, 3.8) is 0 Å². The molecular weight excluding hydrogens is 578 g/mol. The van der Waals surface area contributed by atoms with Crippen LogP contribution in [-0.2, 0) is 27.4 Å². The third-order valence-corrected chi connectivity index (χ3v) is 6.75. The lowest BCUT2D eigenvalue weighted by Crippen LogP contribution is -2.36. The number of esters is 1. The van der Waals surface area contributed by atoms with Crippen LogP contribution >= 0.6 is 22.9 Å². The Morgan fingerprint density at radius 1 is 1.12 bits per heavy atom. The Kier molecular flexibility index (Phi) is 10.9. The number of guanidine groups is 1. The molecule has 1 heterocycles. The van der Waals surface area contributed by atoms with Gasteiger partial charge in [0, 0.05) is 23.7 Å². The lowest BCUT2D eigenvalue weighted by Gasteiger charge is -2.21. The molecule has 2 aromatic carbocycles. The van der Waals surface area contributed by atoms with Crippen molar-refractivity contribution >= 4 is 58.4 Å². The highest BCUT2D eigenvalue weighted by molar-refractivity contribution is 7.12. The number of benzene rings is 2. The molecule has 0 saturated carbocycles. The SMILES string of the molecule is N=C(N=NN)Nc1ccc(C(=O)Oc2ccc(CCC(=O)N(CC(=O)ON)Cc3csc(C(=O)O)c3)c(Cl)c2)cc1. The van der Waals surface area contributed by atoms with Crippen LogP contribution in [0.2, 0.25) is 5.02 Å². The van der Waals surface area contributed by atoms with Gasteiger partial charge in [-0.1, -0.05) is 28.0 Å². The molecule has 214 valence electrons. The fraction of sp³-hybridized carbons (Fsp3) is 0.160. The molecule has 14 nitrogen and oxygen atoms in total. The summed E-state index contributed by atoms with van der Waals surface area (Å²) in [7, 11) is 0. The van der Waals surface area contributed by atoms with Gasteiger partial charge in [-0.2, -0.15) is 5.90 Å². The number of carbonyl (C=O) groups excluding carboxylic acids is 3. The van der Waals surface area contributed by atoms with Gasteiger partial charge < -0.3 is 30.7 Å². The average Bonchev–Trinajstić information content (AvgIpc) is 3.41. The number of thiophene rings is 1. The monoisotopic (exact) mass is 601 g/mol. The van der Waals surface area contributed by atoms with Gasteiger partial charge in [0.2, 0.25) is 11.9 Å². The molecule has 1 amide bonds. The normalized spacial score (nSPS) is 10.7. The van der Waals surface area contributed by atoms with E-state index in [-0.39, 0.29) is 46.6 Å². The molecule has 3 aromatic rings. The smallest absolute Gasteiger partial charge is 0.345 e. The number of ether oxygens (including phenoxy) is 1. The molecule has 1 aromatic heterocycles. The Hall–Kier alpha value is -4.86. The van der Waals surface area contributed by atoms with E-state index in [1.54, 1.807) is 23.6 Å². The summed E-state index contributed by atoms with van der Waals surface area (Å²) >= 11 is 7.37. The summed E-state index contributed by atoms with van der Waals surface area (Å²) < 4.78 is 5.39. The molecule has 7 N–H and O–H groups in total. The molecular formula is C25H24ClN7O7S. The fourth-order valence-corrected chi connectivity index (χ4v) is 4.49. The van der Waals surface area contributed by atoms with Crippen molar-refractivity contribution in [2.45, 2.75) is 19.4 Å². The number of aryl methyl sites for hydroxylation is 1. The van der Waals surface area contributed by atoms with Gasteiger partial charge in [-0.15, -0.1) is 11.3 Å². The van der Waals surface area contributed by atoms with E-state index >= 15 is 0 Å². The zero-order valence-corrected chi connectivity index (χ0v) is 22.8. The molecule has 0 aliphatic rings. The maximum Gasteiger partial charge on any atom is 0.345 e. The fourth-order valence-electron chi connectivity index (χ4n) is 3.49. The minimum atomic E-state index is -1.09. The minimum Gasteiger partial charge on any atom is -0.477 e. The zero-order chi connectivity index (χ0) is 29.9. The van der Waals surface area contributed by atoms with Crippen LogP contribution in [0.5, 0.6) is 5.75 Å². The number of carboxylic acids is 1. The number of aromatic carboxylic acids is 1. The number of nitrogens with two attached hydrogens (primary N) is 2. The first-order valence-corrected chi connectivity index (χ1v) is 12.9. The Labute approximate surface area is 241 Å². The molecule has 0 aliphatic heterocycles. The summed E-state index contributed by atoms with van der Waals surface area (Å²) in [5, 5.41) is 27.4. The van der Waals surface area contributed by atoms with E-state index in [4.69, 9.17) is 38.6 Å². The third kappa shape index (κ3) is 9.10. The molecule has 0 radical (unpaired) electrons. The van der Waals surface area contributed by atoms with Crippen LogP contribution in [0.25, 0.3) is 0 Å². The Morgan fingerprint density at radius 2 is 1.85 bits per heavy atom. The van der Waals surface area contributed by atoms with Gasteiger partial charge in [-0.3, -0.25) is 10.2 Å². The lowest BCUT2D eigenvalue weighted by molar-refractivity contribution is -0.150. The Bertz CT molecular complexity index is 1480. The van der Waals surface area contributed by atoms with Crippen molar-refractivity contribution in [3.8, 4) is 5.75 Å². The van der Waals surface area contributed by atoms with E-state index in [1.165, 1.54) is 35.2 Å². The van der Waals surface area contributed by atoms with Crippen molar-refractivity contribution in [1.82, 2.24) is 4.90 Å². The maximum atomic E-state index is 12.9. The summed E-state index contributed by atoms with van der Waals surface area (Å²) in [6.07, 6.45) is 0.175.